The summed E-state index contributed by atoms with van der Waals surface area (Å²) >= 11 is 17.5. The van der Waals surface area contributed by atoms with Crippen molar-refractivity contribution in [2.45, 2.75) is 25.7 Å². The largest absolute Gasteiger partial charge is 0.257 e. The van der Waals surface area contributed by atoms with Crippen molar-refractivity contribution in [2.75, 3.05) is 6.00 Å². The van der Waals surface area contributed by atoms with Crippen molar-refractivity contribution < 1.29 is 0 Å². The van der Waals surface area contributed by atoms with Crippen LogP contribution in [-0.2, 0) is 0 Å². The van der Waals surface area contributed by atoms with Crippen LogP contribution in [-0.4, -0.2) is 17.9 Å². The Kier molecular flexibility index (Phi) is 5.65. The zero-order valence-corrected chi connectivity index (χ0v) is 10.6. The predicted octanol–water partition coefficient (Wildman–Crippen LogP) is 4.16. The molecular formula is C10H13Cl3N2. The van der Waals surface area contributed by atoms with Crippen molar-refractivity contribution in [3.05, 3.63) is 10.7 Å². The molecule has 0 N–H and O–H groups in total. The quantitative estimate of drug-likeness (QED) is 0.415. The molecule has 0 amide bonds. The first-order chi connectivity index (χ1) is 7.20. The smallest absolute Gasteiger partial charge is 0.134 e. The van der Waals surface area contributed by atoms with Gasteiger partial charge in [-0.3, -0.25) is 9.98 Å². The topological polar surface area (TPSA) is 24.7 Å². The summed E-state index contributed by atoms with van der Waals surface area (Å²) in [7, 11) is 0. The van der Waals surface area contributed by atoms with E-state index in [0.717, 1.165) is 18.4 Å². The second-order valence-corrected chi connectivity index (χ2v) is 4.37. The third-order valence-electron chi connectivity index (χ3n) is 2.55. The lowest BCUT2D eigenvalue weighted by Gasteiger charge is -2.13. The zero-order valence-electron chi connectivity index (χ0n) is 8.35. The third-order valence-corrected chi connectivity index (χ3v) is 3.31. The maximum absolute atomic E-state index is 6.04. The van der Waals surface area contributed by atoms with Gasteiger partial charge in [-0.05, 0) is 25.5 Å². The van der Waals surface area contributed by atoms with E-state index >= 15 is 0 Å². The summed E-state index contributed by atoms with van der Waals surface area (Å²) < 4.78 is 0. The molecule has 1 aliphatic rings. The number of allylic oxidation sites excluding steroid dienone is 1. The number of alkyl halides is 1. The summed E-state index contributed by atoms with van der Waals surface area (Å²) in [6.07, 6.45) is 4.55. The van der Waals surface area contributed by atoms with Gasteiger partial charge in [0.2, 0.25) is 0 Å². The van der Waals surface area contributed by atoms with Crippen LogP contribution in [0.1, 0.15) is 25.7 Å². The molecule has 0 aromatic carbocycles. The molecule has 15 heavy (non-hydrogen) atoms. The Hall–Kier alpha value is -0.0500. The van der Waals surface area contributed by atoms with E-state index in [1.54, 1.807) is 0 Å². The molecule has 2 nitrogen and oxygen atoms in total. The Morgan fingerprint density at radius 2 is 1.87 bits per heavy atom. The number of hydrogen-bond acceptors (Lipinski definition) is 2. The molecule has 0 aromatic rings. The molecule has 0 bridgehead atoms. The maximum atomic E-state index is 6.04. The van der Waals surface area contributed by atoms with Crippen LogP contribution >= 0.6 is 34.8 Å². The lowest BCUT2D eigenvalue weighted by Crippen LogP contribution is -2.07. The van der Waals surface area contributed by atoms with E-state index in [0.29, 0.717) is 16.2 Å². The molecule has 5 heteroatoms. The fraction of sp³-hybridized carbons (Fsp3) is 0.600. The fourth-order valence-electron chi connectivity index (χ4n) is 1.86. The van der Waals surface area contributed by atoms with E-state index in [-0.39, 0.29) is 6.00 Å². The lowest BCUT2D eigenvalue weighted by molar-refractivity contribution is 0.663. The molecule has 1 fully saturated rings. The number of aliphatic imine (C=N–C) groups is 2. The van der Waals surface area contributed by atoms with Gasteiger partial charge < -0.3 is 0 Å². The highest BCUT2D eigenvalue weighted by Crippen LogP contribution is 2.35. The second kappa shape index (κ2) is 6.51. The van der Waals surface area contributed by atoms with Gasteiger partial charge >= 0.3 is 0 Å². The minimum Gasteiger partial charge on any atom is -0.257 e. The summed E-state index contributed by atoms with van der Waals surface area (Å²) in [5, 5.41) is 0.718. The summed E-state index contributed by atoms with van der Waals surface area (Å²) in [5.74, 6) is 0.350. The number of nitrogens with zero attached hydrogens (tertiary/aromatic N) is 2. The normalized spacial score (nSPS) is 20.3. The average Bonchev–Trinajstić information content (AvgIpc) is 2.71. The molecule has 0 radical (unpaired) electrons. The van der Waals surface area contributed by atoms with Crippen LogP contribution in [0.15, 0.2) is 20.7 Å². The molecule has 1 rings (SSSR count). The maximum Gasteiger partial charge on any atom is 0.134 e. The van der Waals surface area contributed by atoms with Crippen molar-refractivity contribution in [1.29, 1.82) is 0 Å². The van der Waals surface area contributed by atoms with Gasteiger partial charge in [0.05, 0.1) is 0 Å². The number of halogens is 3. The molecule has 0 unspecified atom stereocenters. The predicted molar refractivity (Wildman–Crippen MR) is 68.4 cm³/mol. The van der Waals surface area contributed by atoms with Crippen molar-refractivity contribution in [3.63, 3.8) is 0 Å². The minimum atomic E-state index is 0.135. The number of hydrogen-bond donors (Lipinski definition) is 0. The Balaban J connectivity index is 2.97. The molecule has 0 aromatic heterocycles. The van der Waals surface area contributed by atoms with Gasteiger partial charge in [-0.15, -0.1) is 11.6 Å². The molecule has 0 spiro atoms. The van der Waals surface area contributed by atoms with E-state index in [4.69, 9.17) is 34.8 Å². The van der Waals surface area contributed by atoms with Crippen molar-refractivity contribution >= 4 is 46.7 Å². The standard InChI is InChI=1S/C10H13Cl3N2/c1-14-9(12)8(10(13)15-6-11)7-4-2-3-5-7/h7H,1-6H2/b9-8-,15-10+. The fourth-order valence-corrected chi connectivity index (χ4v) is 2.64. The van der Waals surface area contributed by atoms with Gasteiger partial charge in [0, 0.05) is 5.57 Å². The van der Waals surface area contributed by atoms with Gasteiger partial charge in [0.25, 0.3) is 0 Å². The van der Waals surface area contributed by atoms with Crippen LogP contribution in [0.4, 0.5) is 0 Å². The Labute approximate surface area is 105 Å². The van der Waals surface area contributed by atoms with Crippen molar-refractivity contribution in [3.8, 4) is 0 Å². The van der Waals surface area contributed by atoms with Crippen LogP contribution in [0.5, 0.6) is 0 Å². The summed E-state index contributed by atoms with van der Waals surface area (Å²) in [6, 6.07) is 0.135. The van der Waals surface area contributed by atoms with Crippen LogP contribution < -0.4 is 0 Å². The highest BCUT2D eigenvalue weighted by Gasteiger charge is 2.24. The minimum absolute atomic E-state index is 0.135. The van der Waals surface area contributed by atoms with Crippen LogP contribution in [0, 0.1) is 5.92 Å². The van der Waals surface area contributed by atoms with Crippen LogP contribution in [0.25, 0.3) is 0 Å². The van der Waals surface area contributed by atoms with Crippen LogP contribution in [0.2, 0.25) is 0 Å². The second-order valence-electron chi connectivity index (χ2n) is 3.41. The van der Waals surface area contributed by atoms with Crippen molar-refractivity contribution in [1.82, 2.24) is 0 Å². The lowest BCUT2D eigenvalue weighted by atomic mass is 9.99. The molecule has 84 valence electrons. The van der Waals surface area contributed by atoms with E-state index in [9.17, 15) is 0 Å². The van der Waals surface area contributed by atoms with Gasteiger partial charge in [-0.2, -0.15) is 0 Å². The molecular weight excluding hydrogens is 254 g/mol. The molecule has 0 aliphatic heterocycles. The Morgan fingerprint density at radius 3 is 2.33 bits per heavy atom. The average molecular weight is 268 g/mol. The Bertz CT molecular complexity index is 291. The van der Waals surface area contributed by atoms with Gasteiger partial charge in [-0.25, -0.2) is 0 Å². The first kappa shape index (κ1) is 13.0. The SMILES string of the molecule is C=N/C(Cl)=C(\C(Cl)=N/CCl)C1CCCC1. The number of rotatable bonds is 4. The summed E-state index contributed by atoms with van der Waals surface area (Å²) in [6.45, 7) is 3.41. The summed E-state index contributed by atoms with van der Waals surface area (Å²) in [4.78, 5) is 7.68. The molecule has 1 saturated carbocycles. The highest BCUT2D eigenvalue weighted by molar-refractivity contribution is 6.70. The molecule has 0 saturated heterocycles. The van der Waals surface area contributed by atoms with E-state index in [1.807, 2.05) is 0 Å². The third kappa shape index (κ3) is 3.47. The van der Waals surface area contributed by atoms with Gasteiger partial charge in [0.15, 0.2) is 0 Å². The van der Waals surface area contributed by atoms with Crippen LogP contribution in [0.3, 0.4) is 0 Å². The summed E-state index contributed by atoms with van der Waals surface area (Å²) in [5.41, 5.74) is 0.798. The zero-order chi connectivity index (χ0) is 11.3. The van der Waals surface area contributed by atoms with E-state index in [1.165, 1.54) is 12.8 Å². The van der Waals surface area contributed by atoms with Gasteiger partial charge in [-0.1, -0.05) is 36.0 Å². The molecule has 0 heterocycles. The first-order valence-electron chi connectivity index (χ1n) is 4.83. The molecule has 1 aliphatic carbocycles. The monoisotopic (exact) mass is 266 g/mol. The van der Waals surface area contributed by atoms with E-state index < -0.39 is 0 Å². The highest BCUT2D eigenvalue weighted by atomic mass is 35.5. The van der Waals surface area contributed by atoms with Crippen molar-refractivity contribution in [2.24, 2.45) is 15.9 Å². The van der Waals surface area contributed by atoms with Gasteiger partial charge in [0.1, 0.15) is 16.3 Å². The molecule has 0 atom stereocenters. The Morgan fingerprint density at radius 1 is 1.27 bits per heavy atom. The first-order valence-corrected chi connectivity index (χ1v) is 6.12. The van der Waals surface area contributed by atoms with E-state index in [2.05, 4.69) is 16.7 Å².